The normalized spacial score (nSPS) is 11.6. The van der Waals surface area contributed by atoms with Crippen molar-refractivity contribution < 1.29 is 13.2 Å². The number of aromatic nitrogens is 2. The molecule has 1 amide bonds. The van der Waals surface area contributed by atoms with Gasteiger partial charge in [-0.15, -0.1) is 0 Å². The fraction of sp³-hybridized carbons (Fsp3) is 0.333. The molecule has 0 radical (unpaired) electrons. The van der Waals surface area contributed by atoms with E-state index in [4.69, 9.17) is 0 Å². The first-order valence-electron chi connectivity index (χ1n) is 6.88. The molecule has 0 spiro atoms. The van der Waals surface area contributed by atoms with E-state index >= 15 is 0 Å². The molecule has 0 saturated carbocycles. The van der Waals surface area contributed by atoms with E-state index in [0.717, 1.165) is 0 Å². The van der Waals surface area contributed by atoms with E-state index in [9.17, 15) is 13.2 Å². The molecular formula is C15H19N3O3S. The molecule has 1 heterocycles. The minimum atomic E-state index is -3.13. The second-order valence-corrected chi connectivity index (χ2v) is 7.62. The van der Waals surface area contributed by atoms with Crippen molar-refractivity contribution in [3.8, 4) is 0 Å². The standard InChI is InChI=1S/C15H19N3O3S/c1-11(2)18-14(7-8-16-18)17-15(19)13-6-4-5-12(9-13)10-22(3,20)21/h4-9,11H,10H2,1-3H3,(H,17,19). The van der Waals surface area contributed by atoms with E-state index in [1.165, 1.54) is 6.26 Å². The van der Waals surface area contributed by atoms with E-state index in [-0.39, 0.29) is 17.7 Å². The molecule has 2 rings (SSSR count). The molecule has 0 aliphatic rings. The number of carbonyl (C=O) groups excluding carboxylic acids is 1. The summed E-state index contributed by atoms with van der Waals surface area (Å²) < 4.78 is 24.4. The first-order valence-corrected chi connectivity index (χ1v) is 8.94. The highest BCUT2D eigenvalue weighted by Crippen LogP contribution is 2.15. The molecule has 0 aliphatic heterocycles. The maximum absolute atomic E-state index is 12.3. The Balaban J connectivity index is 2.19. The monoisotopic (exact) mass is 321 g/mol. The van der Waals surface area contributed by atoms with Crippen molar-refractivity contribution in [2.75, 3.05) is 11.6 Å². The average molecular weight is 321 g/mol. The van der Waals surface area contributed by atoms with E-state index in [1.54, 1.807) is 41.2 Å². The number of hydrogen-bond acceptors (Lipinski definition) is 4. The van der Waals surface area contributed by atoms with Crippen LogP contribution in [0, 0.1) is 0 Å². The number of benzene rings is 1. The summed E-state index contributed by atoms with van der Waals surface area (Å²) >= 11 is 0. The molecule has 7 heteroatoms. The predicted molar refractivity (Wildman–Crippen MR) is 85.6 cm³/mol. The van der Waals surface area contributed by atoms with Gasteiger partial charge in [-0.1, -0.05) is 12.1 Å². The molecule has 2 aromatic rings. The number of carbonyl (C=O) groups is 1. The summed E-state index contributed by atoms with van der Waals surface area (Å²) in [6, 6.07) is 8.45. The van der Waals surface area contributed by atoms with Gasteiger partial charge in [0.2, 0.25) is 0 Å². The van der Waals surface area contributed by atoms with Gasteiger partial charge in [0.05, 0.1) is 11.9 Å². The number of anilines is 1. The molecule has 0 fully saturated rings. The summed E-state index contributed by atoms with van der Waals surface area (Å²) in [5.74, 6) is 0.226. The SMILES string of the molecule is CC(C)n1nccc1NC(=O)c1cccc(CS(C)(=O)=O)c1. The number of sulfone groups is 1. The number of nitrogens with zero attached hydrogens (tertiary/aromatic N) is 2. The first kappa shape index (κ1) is 16.2. The van der Waals surface area contributed by atoms with Crippen LogP contribution in [0.15, 0.2) is 36.5 Å². The fourth-order valence-electron chi connectivity index (χ4n) is 2.12. The van der Waals surface area contributed by atoms with Crippen molar-refractivity contribution in [3.63, 3.8) is 0 Å². The number of amides is 1. The Bertz CT molecular complexity index is 779. The summed E-state index contributed by atoms with van der Waals surface area (Å²) in [5.41, 5.74) is 1.00. The highest BCUT2D eigenvalue weighted by molar-refractivity contribution is 7.89. The summed E-state index contributed by atoms with van der Waals surface area (Å²) in [6.45, 7) is 3.94. The molecule has 22 heavy (non-hydrogen) atoms. The van der Waals surface area contributed by atoms with Gasteiger partial charge in [0.15, 0.2) is 9.84 Å². The zero-order valence-electron chi connectivity index (χ0n) is 12.8. The predicted octanol–water partition coefficient (Wildman–Crippen LogP) is 2.26. The number of nitrogens with one attached hydrogen (secondary N) is 1. The zero-order valence-corrected chi connectivity index (χ0v) is 13.6. The molecule has 1 aromatic heterocycles. The van der Waals surface area contributed by atoms with Crippen LogP contribution in [-0.2, 0) is 15.6 Å². The van der Waals surface area contributed by atoms with Gasteiger partial charge in [0.1, 0.15) is 5.82 Å². The molecule has 1 N–H and O–H groups in total. The molecule has 0 unspecified atom stereocenters. The Morgan fingerprint density at radius 2 is 2.05 bits per heavy atom. The van der Waals surface area contributed by atoms with Gasteiger partial charge < -0.3 is 5.32 Å². The molecule has 0 atom stereocenters. The van der Waals surface area contributed by atoms with Gasteiger partial charge in [0.25, 0.3) is 5.91 Å². The third-order valence-electron chi connectivity index (χ3n) is 3.02. The Morgan fingerprint density at radius 3 is 2.68 bits per heavy atom. The van der Waals surface area contributed by atoms with E-state index in [2.05, 4.69) is 10.4 Å². The summed E-state index contributed by atoms with van der Waals surface area (Å²) in [5, 5.41) is 6.94. The molecule has 118 valence electrons. The Labute approximate surface area is 130 Å². The van der Waals surface area contributed by atoms with Crippen LogP contribution in [0.1, 0.15) is 35.8 Å². The highest BCUT2D eigenvalue weighted by atomic mass is 32.2. The van der Waals surface area contributed by atoms with Crippen LogP contribution >= 0.6 is 0 Å². The van der Waals surface area contributed by atoms with Crippen molar-refractivity contribution in [2.24, 2.45) is 0 Å². The van der Waals surface area contributed by atoms with Crippen LogP contribution in [0.4, 0.5) is 5.82 Å². The zero-order chi connectivity index (χ0) is 16.3. The van der Waals surface area contributed by atoms with Gasteiger partial charge in [-0.3, -0.25) is 4.79 Å². The average Bonchev–Trinajstić information content (AvgIpc) is 2.85. The van der Waals surface area contributed by atoms with Crippen molar-refractivity contribution in [1.29, 1.82) is 0 Å². The van der Waals surface area contributed by atoms with Crippen molar-refractivity contribution in [1.82, 2.24) is 9.78 Å². The summed E-state index contributed by atoms with van der Waals surface area (Å²) in [7, 11) is -3.13. The molecule has 0 aliphatic carbocycles. The number of rotatable bonds is 5. The van der Waals surface area contributed by atoms with E-state index in [1.807, 2.05) is 13.8 Å². The lowest BCUT2D eigenvalue weighted by atomic mass is 10.1. The smallest absolute Gasteiger partial charge is 0.256 e. The molecule has 6 nitrogen and oxygen atoms in total. The second kappa shape index (κ2) is 6.31. The van der Waals surface area contributed by atoms with Crippen LogP contribution in [0.25, 0.3) is 0 Å². The Morgan fingerprint density at radius 1 is 1.32 bits per heavy atom. The van der Waals surface area contributed by atoms with E-state index < -0.39 is 9.84 Å². The molecule has 0 bridgehead atoms. The van der Waals surface area contributed by atoms with Gasteiger partial charge in [-0.05, 0) is 31.5 Å². The van der Waals surface area contributed by atoms with Crippen LogP contribution in [0.5, 0.6) is 0 Å². The Kier molecular flexibility index (Phi) is 4.65. The lowest BCUT2D eigenvalue weighted by molar-refractivity contribution is 0.102. The minimum absolute atomic E-state index is 0.0853. The summed E-state index contributed by atoms with van der Waals surface area (Å²) in [4.78, 5) is 12.3. The van der Waals surface area contributed by atoms with Crippen molar-refractivity contribution in [3.05, 3.63) is 47.7 Å². The maximum atomic E-state index is 12.3. The first-order chi connectivity index (χ1) is 10.3. The largest absolute Gasteiger partial charge is 0.307 e. The quantitative estimate of drug-likeness (QED) is 0.916. The third-order valence-corrected chi connectivity index (χ3v) is 3.88. The molecule has 1 aromatic carbocycles. The number of hydrogen-bond donors (Lipinski definition) is 1. The Hall–Kier alpha value is -2.15. The lowest BCUT2D eigenvalue weighted by Crippen LogP contribution is -2.17. The van der Waals surface area contributed by atoms with Gasteiger partial charge in [0, 0.05) is 23.9 Å². The fourth-order valence-corrected chi connectivity index (χ4v) is 2.90. The summed E-state index contributed by atoms with van der Waals surface area (Å²) in [6.07, 6.45) is 2.79. The molecule has 0 saturated heterocycles. The van der Waals surface area contributed by atoms with Gasteiger partial charge >= 0.3 is 0 Å². The van der Waals surface area contributed by atoms with Crippen LogP contribution < -0.4 is 5.32 Å². The maximum Gasteiger partial charge on any atom is 0.256 e. The highest BCUT2D eigenvalue weighted by Gasteiger charge is 2.12. The van der Waals surface area contributed by atoms with Crippen molar-refractivity contribution in [2.45, 2.75) is 25.6 Å². The topological polar surface area (TPSA) is 81.1 Å². The second-order valence-electron chi connectivity index (χ2n) is 5.48. The van der Waals surface area contributed by atoms with Crippen LogP contribution in [0.3, 0.4) is 0 Å². The van der Waals surface area contributed by atoms with E-state index in [0.29, 0.717) is 16.9 Å². The minimum Gasteiger partial charge on any atom is -0.307 e. The van der Waals surface area contributed by atoms with Crippen molar-refractivity contribution >= 4 is 21.6 Å². The van der Waals surface area contributed by atoms with Gasteiger partial charge in [-0.25, -0.2) is 13.1 Å². The molecular weight excluding hydrogens is 302 g/mol. The van der Waals surface area contributed by atoms with Crippen LogP contribution in [0.2, 0.25) is 0 Å². The van der Waals surface area contributed by atoms with Gasteiger partial charge in [-0.2, -0.15) is 5.10 Å². The van der Waals surface area contributed by atoms with Crippen LogP contribution in [-0.4, -0.2) is 30.4 Å². The third kappa shape index (κ3) is 4.17. The lowest BCUT2D eigenvalue weighted by Gasteiger charge is -2.12.